The second-order valence-corrected chi connectivity index (χ2v) is 10.4. The van der Waals surface area contributed by atoms with E-state index in [1.807, 2.05) is 36.4 Å². The molecule has 0 unspecified atom stereocenters. The zero-order valence-electron chi connectivity index (χ0n) is 20.4. The Morgan fingerprint density at radius 2 is 1.54 bits per heavy atom. The number of aliphatic hydroxyl groups excluding tert-OH is 1. The second-order valence-electron chi connectivity index (χ2n) is 10.4. The molecule has 2 atom stereocenters. The van der Waals surface area contributed by atoms with Crippen molar-refractivity contribution in [2.24, 2.45) is 5.41 Å². The molecule has 186 valence electrons. The molecule has 35 heavy (non-hydrogen) atoms. The predicted octanol–water partition coefficient (Wildman–Crippen LogP) is 3.38. The van der Waals surface area contributed by atoms with Gasteiger partial charge in [0.2, 0.25) is 5.91 Å². The Kier molecular flexibility index (Phi) is 6.36. The number of carbonyl (C=O) groups excluding carboxylic acids is 2. The van der Waals surface area contributed by atoms with E-state index in [0.29, 0.717) is 0 Å². The van der Waals surface area contributed by atoms with Crippen LogP contribution in [0.3, 0.4) is 0 Å². The maximum absolute atomic E-state index is 13.4. The van der Waals surface area contributed by atoms with Gasteiger partial charge >= 0.3 is 12.1 Å². The predicted molar refractivity (Wildman–Crippen MR) is 130 cm³/mol. The number of nitrogens with zero attached hydrogens (tertiary/aromatic N) is 1. The van der Waals surface area contributed by atoms with Crippen molar-refractivity contribution < 1.29 is 29.3 Å². The summed E-state index contributed by atoms with van der Waals surface area (Å²) in [7, 11) is 0. The van der Waals surface area contributed by atoms with Crippen LogP contribution in [0.5, 0.6) is 0 Å². The monoisotopic (exact) mass is 480 g/mol. The van der Waals surface area contributed by atoms with Gasteiger partial charge in [0.05, 0.1) is 17.1 Å². The molecule has 0 bridgehead atoms. The van der Waals surface area contributed by atoms with E-state index in [1.165, 1.54) is 4.90 Å². The maximum atomic E-state index is 13.4. The highest BCUT2D eigenvalue weighted by atomic mass is 16.5. The van der Waals surface area contributed by atoms with Gasteiger partial charge < -0.3 is 25.2 Å². The summed E-state index contributed by atoms with van der Waals surface area (Å²) in [6.45, 7) is 6.80. The number of carboxylic acids is 1. The van der Waals surface area contributed by atoms with Gasteiger partial charge in [0.15, 0.2) is 0 Å². The minimum Gasteiger partial charge on any atom is -0.480 e. The lowest BCUT2D eigenvalue weighted by atomic mass is 9.73. The fourth-order valence-electron chi connectivity index (χ4n) is 4.94. The molecule has 3 N–H and O–H groups in total. The van der Waals surface area contributed by atoms with E-state index in [2.05, 4.69) is 17.4 Å². The number of β-amino-alcohol motifs (C(OH)–C–C–N with tert-alkyl or cyclic N) is 1. The van der Waals surface area contributed by atoms with Crippen LogP contribution in [0.4, 0.5) is 4.79 Å². The lowest BCUT2D eigenvalue weighted by Gasteiger charge is -2.43. The van der Waals surface area contributed by atoms with Crippen LogP contribution >= 0.6 is 0 Å². The Bertz CT molecular complexity index is 1110. The summed E-state index contributed by atoms with van der Waals surface area (Å²) in [5.41, 5.74) is 2.22. The molecule has 2 aromatic carbocycles. The molecule has 0 radical (unpaired) electrons. The molecule has 1 aliphatic heterocycles. The molecule has 2 aliphatic rings. The molecule has 2 aromatic rings. The highest BCUT2D eigenvalue weighted by Crippen LogP contribution is 2.44. The van der Waals surface area contributed by atoms with E-state index < -0.39 is 41.1 Å². The lowest BCUT2D eigenvalue weighted by Crippen LogP contribution is -2.61. The fraction of sp³-hybridized carbons (Fsp3) is 0.444. The largest absolute Gasteiger partial charge is 0.480 e. The van der Waals surface area contributed by atoms with Crippen molar-refractivity contribution in [2.45, 2.75) is 57.7 Å². The normalized spacial score (nSPS) is 19.7. The minimum absolute atomic E-state index is 0.0165. The van der Waals surface area contributed by atoms with Crippen molar-refractivity contribution in [1.82, 2.24) is 10.2 Å². The van der Waals surface area contributed by atoms with Gasteiger partial charge in [-0.05, 0) is 49.9 Å². The number of rotatable bonds is 6. The molecule has 0 spiro atoms. The quantitative estimate of drug-likeness (QED) is 0.584. The van der Waals surface area contributed by atoms with Crippen LogP contribution in [-0.2, 0) is 14.3 Å². The molecule has 2 amide bonds. The van der Waals surface area contributed by atoms with Gasteiger partial charge in [0, 0.05) is 18.9 Å². The number of nitrogens with one attached hydrogen (secondary N) is 1. The number of alkyl carbamates (subject to hydrolysis) is 1. The van der Waals surface area contributed by atoms with Crippen LogP contribution in [-0.4, -0.2) is 63.9 Å². The van der Waals surface area contributed by atoms with Crippen molar-refractivity contribution >= 4 is 18.0 Å². The maximum Gasteiger partial charge on any atom is 0.407 e. The molecule has 0 saturated carbocycles. The minimum atomic E-state index is -1.17. The van der Waals surface area contributed by atoms with Crippen molar-refractivity contribution in [3.63, 3.8) is 0 Å². The number of benzene rings is 2. The van der Waals surface area contributed by atoms with Crippen molar-refractivity contribution in [3.05, 3.63) is 59.7 Å². The summed E-state index contributed by atoms with van der Waals surface area (Å²) in [6, 6.07) is 15.0. The van der Waals surface area contributed by atoms with Gasteiger partial charge in [-0.25, -0.2) is 9.59 Å². The second kappa shape index (κ2) is 9.00. The molecule has 0 aromatic heterocycles. The third kappa shape index (κ3) is 4.38. The zero-order valence-corrected chi connectivity index (χ0v) is 20.4. The average Bonchev–Trinajstić information content (AvgIpc) is 3.35. The highest BCUT2D eigenvalue weighted by Gasteiger charge is 2.51. The topological polar surface area (TPSA) is 116 Å². The van der Waals surface area contributed by atoms with Gasteiger partial charge in [0.25, 0.3) is 0 Å². The number of hydrogen-bond donors (Lipinski definition) is 3. The number of likely N-dealkylation sites (tertiary alicyclic amines) is 1. The van der Waals surface area contributed by atoms with Crippen LogP contribution in [0.1, 0.15) is 51.2 Å². The summed E-state index contributed by atoms with van der Waals surface area (Å²) in [6.07, 6.45) is -1.57. The van der Waals surface area contributed by atoms with Crippen molar-refractivity contribution in [1.29, 1.82) is 0 Å². The van der Waals surface area contributed by atoms with E-state index >= 15 is 0 Å². The number of carbonyl (C=O) groups is 3. The fourth-order valence-corrected chi connectivity index (χ4v) is 4.94. The summed E-state index contributed by atoms with van der Waals surface area (Å²) in [5.74, 6) is -1.70. The van der Waals surface area contributed by atoms with E-state index in [9.17, 15) is 24.6 Å². The standard InChI is InChI=1S/C27H32N2O6/c1-26(2,24(33)29-14-16(30)13-22(29)23(31)32)27(3,4)28-25(34)35-15-21-19-11-7-5-9-17(19)18-10-6-8-12-20(18)21/h5-12,16,21-22,30H,13-15H2,1-4H3,(H,28,34)(H,31,32)/t16-,22-/m0/s1. The molecule has 1 fully saturated rings. The first-order chi connectivity index (χ1) is 16.4. The van der Waals surface area contributed by atoms with Crippen molar-refractivity contribution in [3.8, 4) is 11.1 Å². The number of aliphatic hydroxyl groups is 1. The summed E-state index contributed by atoms with van der Waals surface area (Å²) in [5, 5.41) is 22.2. The van der Waals surface area contributed by atoms with Crippen LogP contribution < -0.4 is 5.32 Å². The number of fused-ring (bicyclic) bond motifs is 3. The third-order valence-corrected chi connectivity index (χ3v) is 7.68. The first kappa shape index (κ1) is 24.7. The highest BCUT2D eigenvalue weighted by molar-refractivity contribution is 5.89. The zero-order chi connectivity index (χ0) is 25.5. The number of aliphatic carboxylic acids is 1. The molecule has 1 heterocycles. The average molecular weight is 481 g/mol. The SMILES string of the molecule is CC(C)(NC(=O)OCC1c2ccccc2-c2ccccc21)C(C)(C)C(=O)N1C[C@@H](O)C[C@H]1C(=O)O. The van der Waals surface area contributed by atoms with Crippen LogP contribution in [0, 0.1) is 5.41 Å². The van der Waals surface area contributed by atoms with Gasteiger partial charge in [-0.3, -0.25) is 4.79 Å². The van der Waals surface area contributed by atoms with E-state index in [4.69, 9.17) is 4.74 Å². The van der Waals surface area contributed by atoms with E-state index in [1.54, 1.807) is 27.7 Å². The molecular weight excluding hydrogens is 448 g/mol. The number of amides is 2. The molecular formula is C27H32N2O6. The molecule has 1 saturated heterocycles. The summed E-state index contributed by atoms with van der Waals surface area (Å²) < 4.78 is 5.64. The van der Waals surface area contributed by atoms with E-state index in [-0.39, 0.29) is 25.5 Å². The summed E-state index contributed by atoms with van der Waals surface area (Å²) in [4.78, 5) is 39.0. The Labute approximate surface area is 204 Å². The molecule has 4 rings (SSSR count). The first-order valence-corrected chi connectivity index (χ1v) is 11.8. The summed E-state index contributed by atoms with van der Waals surface area (Å²) >= 11 is 0. The van der Waals surface area contributed by atoms with Gasteiger partial charge in [0.1, 0.15) is 12.6 Å². The molecule has 8 heteroatoms. The first-order valence-electron chi connectivity index (χ1n) is 11.8. The van der Waals surface area contributed by atoms with Crippen LogP contribution in [0.25, 0.3) is 11.1 Å². The van der Waals surface area contributed by atoms with Crippen LogP contribution in [0.15, 0.2) is 48.5 Å². The van der Waals surface area contributed by atoms with Crippen LogP contribution in [0.2, 0.25) is 0 Å². The number of hydrogen-bond acceptors (Lipinski definition) is 5. The lowest BCUT2D eigenvalue weighted by molar-refractivity contribution is -0.154. The Hall–Kier alpha value is -3.39. The van der Waals surface area contributed by atoms with Crippen molar-refractivity contribution in [2.75, 3.05) is 13.2 Å². The molecule has 8 nitrogen and oxygen atoms in total. The Morgan fingerprint density at radius 1 is 1.00 bits per heavy atom. The van der Waals surface area contributed by atoms with Gasteiger partial charge in [-0.15, -0.1) is 0 Å². The van der Waals surface area contributed by atoms with Gasteiger partial charge in [-0.2, -0.15) is 0 Å². The smallest absolute Gasteiger partial charge is 0.407 e. The van der Waals surface area contributed by atoms with E-state index in [0.717, 1.165) is 22.3 Å². The third-order valence-electron chi connectivity index (χ3n) is 7.68. The number of carboxylic acid groups (broad SMARTS) is 1. The molecule has 1 aliphatic carbocycles. The Morgan fingerprint density at radius 3 is 2.09 bits per heavy atom. The Balaban J connectivity index is 1.45. The van der Waals surface area contributed by atoms with Gasteiger partial charge in [-0.1, -0.05) is 48.5 Å². The number of ether oxygens (including phenoxy) is 1.